The largest absolute Gasteiger partial charge is 0.493 e. The van der Waals surface area contributed by atoms with Crippen molar-refractivity contribution in [3.05, 3.63) is 48.0 Å². The van der Waals surface area contributed by atoms with Crippen LogP contribution in [0, 0.1) is 0 Å². The second-order valence-corrected chi connectivity index (χ2v) is 4.62. The van der Waals surface area contributed by atoms with Gasteiger partial charge in [0.2, 0.25) is 0 Å². The summed E-state index contributed by atoms with van der Waals surface area (Å²) >= 11 is 0. The zero-order valence-corrected chi connectivity index (χ0v) is 12.1. The summed E-state index contributed by atoms with van der Waals surface area (Å²) in [6.07, 6.45) is 0.324. The van der Waals surface area contributed by atoms with Crippen molar-refractivity contribution in [2.24, 2.45) is 0 Å². The lowest BCUT2D eigenvalue weighted by molar-refractivity contribution is 0.173. The van der Waals surface area contributed by atoms with Gasteiger partial charge in [0.15, 0.2) is 11.5 Å². The first-order chi connectivity index (χ1) is 9.69. The molecule has 0 fully saturated rings. The van der Waals surface area contributed by atoms with E-state index in [9.17, 15) is 5.11 Å². The number of aliphatic hydroxyl groups excluding tert-OH is 1. The summed E-state index contributed by atoms with van der Waals surface area (Å²) < 4.78 is 10.5. The topological polar surface area (TPSA) is 38.7 Å². The second-order valence-electron chi connectivity index (χ2n) is 4.62. The van der Waals surface area contributed by atoms with E-state index in [0.29, 0.717) is 11.5 Å². The maximum absolute atomic E-state index is 9.80. The standard InChI is InChI=1S/C17H20O3/c1-4-15(18)13-7-5-12(6-8-13)14-9-10-16(19-2)17(11-14)20-3/h5-11,15,18H,4H2,1-3H3. The molecule has 3 nitrogen and oxygen atoms in total. The van der Waals surface area contributed by atoms with Crippen LogP contribution in [-0.4, -0.2) is 19.3 Å². The van der Waals surface area contributed by atoms with Gasteiger partial charge in [0.1, 0.15) is 0 Å². The van der Waals surface area contributed by atoms with Gasteiger partial charge in [0, 0.05) is 0 Å². The van der Waals surface area contributed by atoms with E-state index in [1.165, 1.54) is 0 Å². The summed E-state index contributed by atoms with van der Waals surface area (Å²) in [5, 5.41) is 9.80. The van der Waals surface area contributed by atoms with E-state index in [1.54, 1.807) is 14.2 Å². The van der Waals surface area contributed by atoms with Gasteiger partial charge in [-0.2, -0.15) is 0 Å². The second kappa shape index (κ2) is 6.44. The van der Waals surface area contributed by atoms with Gasteiger partial charge in [0.25, 0.3) is 0 Å². The smallest absolute Gasteiger partial charge is 0.161 e. The molecule has 0 radical (unpaired) electrons. The van der Waals surface area contributed by atoms with E-state index in [0.717, 1.165) is 23.1 Å². The Hall–Kier alpha value is -2.00. The molecule has 0 spiro atoms. The van der Waals surface area contributed by atoms with Crippen LogP contribution in [0.25, 0.3) is 11.1 Å². The lowest BCUT2D eigenvalue weighted by Crippen LogP contribution is -1.94. The monoisotopic (exact) mass is 272 g/mol. The van der Waals surface area contributed by atoms with Crippen LogP contribution < -0.4 is 9.47 Å². The van der Waals surface area contributed by atoms with Gasteiger partial charge in [0.05, 0.1) is 20.3 Å². The molecule has 0 aliphatic heterocycles. The van der Waals surface area contributed by atoms with Crippen LogP contribution in [0.4, 0.5) is 0 Å². The lowest BCUT2D eigenvalue weighted by Gasteiger charge is -2.11. The van der Waals surface area contributed by atoms with Crippen LogP contribution >= 0.6 is 0 Å². The minimum absolute atomic E-state index is 0.394. The Bertz CT molecular complexity index is 561. The van der Waals surface area contributed by atoms with Crippen molar-refractivity contribution < 1.29 is 14.6 Å². The fourth-order valence-electron chi connectivity index (χ4n) is 2.15. The molecule has 0 saturated heterocycles. The average molecular weight is 272 g/mol. The zero-order chi connectivity index (χ0) is 14.5. The van der Waals surface area contributed by atoms with Crippen molar-refractivity contribution in [3.8, 4) is 22.6 Å². The third kappa shape index (κ3) is 2.94. The van der Waals surface area contributed by atoms with Gasteiger partial charge in [-0.25, -0.2) is 0 Å². The third-order valence-electron chi connectivity index (χ3n) is 3.40. The average Bonchev–Trinajstić information content (AvgIpc) is 2.53. The van der Waals surface area contributed by atoms with Crippen LogP contribution in [0.3, 0.4) is 0 Å². The maximum atomic E-state index is 9.80. The summed E-state index contributed by atoms with van der Waals surface area (Å²) in [6.45, 7) is 1.97. The molecule has 0 aliphatic rings. The highest BCUT2D eigenvalue weighted by Crippen LogP contribution is 2.32. The first kappa shape index (κ1) is 14.4. The van der Waals surface area contributed by atoms with Gasteiger partial charge in [-0.15, -0.1) is 0 Å². The normalized spacial score (nSPS) is 12.0. The van der Waals surface area contributed by atoms with E-state index in [2.05, 4.69) is 0 Å². The number of ether oxygens (including phenoxy) is 2. The van der Waals surface area contributed by atoms with Crippen molar-refractivity contribution in [1.29, 1.82) is 0 Å². The number of benzene rings is 2. The van der Waals surface area contributed by atoms with Crippen molar-refractivity contribution in [3.63, 3.8) is 0 Å². The first-order valence-electron chi connectivity index (χ1n) is 6.70. The highest BCUT2D eigenvalue weighted by molar-refractivity contribution is 5.67. The molecule has 0 saturated carbocycles. The summed E-state index contributed by atoms with van der Waals surface area (Å²) in [5.74, 6) is 1.43. The molecule has 106 valence electrons. The molecule has 1 N–H and O–H groups in total. The van der Waals surface area contributed by atoms with Gasteiger partial charge < -0.3 is 14.6 Å². The van der Waals surface area contributed by atoms with E-state index in [4.69, 9.17) is 9.47 Å². The number of methoxy groups -OCH3 is 2. The Labute approximate surface area is 119 Å². The number of hydrogen-bond donors (Lipinski definition) is 1. The molecular weight excluding hydrogens is 252 g/mol. The van der Waals surface area contributed by atoms with Gasteiger partial charge in [-0.05, 0) is 35.2 Å². The van der Waals surface area contributed by atoms with Gasteiger partial charge in [-0.1, -0.05) is 37.3 Å². The van der Waals surface area contributed by atoms with E-state index in [1.807, 2.05) is 49.4 Å². The third-order valence-corrected chi connectivity index (χ3v) is 3.40. The van der Waals surface area contributed by atoms with Crippen molar-refractivity contribution in [2.75, 3.05) is 14.2 Å². The fourth-order valence-corrected chi connectivity index (χ4v) is 2.15. The molecular formula is C17H20O3. The van der Waals surface area contributed by atoms with Crippen LogP contribution in [0.2, 0.25) is 0 Å². The lowest BCUT2D eigenvalue weighted by atomic mass is 10.0. The number of rotatable bonds is 5. The molecule has 2 aromatic carbocycles. The Balaban J connectivity index is 2.32. The predicted molar refractivity (Wildman–Crippen MR) is 80.2 cm³/mol. The van der Waals surface area contributed by atoms with Crippen molar-refractivity contribution >= 4 is 0 Å². The van der Waals surface area contributed by atoms with Crippen molar-refractivity contribution in [2.45, 2.75) is 19.4 Å². The molecule has 3 heteroatoms. The first-order valence-corrected chi connectivity index (χ1v) is 6.70. The number of aliphatic hydroxyl groups is 1. The molecule has 0 bridgehead atoms. The molecule has 20 heavy (non-hydrogen) atoms. The Morgan fingerprint density at radius 3 is 2.05 bits per heavy atom. The number of hydrogen-bond acceptors (Lipinski definition) is 3. The summed E-state index contributed by atoms with van der Waals surface area (Å²) in [6, 6.07) is 13.8. The molecule has 1 unspecified atom stereocenters. The molecule has 0 heterocycles. The van der Waals surface area contributed by atoms with Crippen LogP contribution in [0.15, 0.2) is 42.5 Å². The molecule has 0 amide bonds. The fraction of sp³-hybridized carbons (Fsp3) is 0.294. The summed E-state index contributed by atoms with van der Waals surface area (Å²) in [4.78, 5) is 0. The zero-order valence-electron chi connectivity index (χ0n) is 12.1. The Kier molecular flexibility index (Phi) is 4.64. The minimum Gasteiger partial charge on any atom is -0.493 e. The Morgan fingerprint density at radius 1 is 0.900 bits per heavy atom. The molecule has 2 rings (SSSR count). The predicted octanol–water partition coefficient (Wildman–Crippen LogP) is 3.81. The van der Waals surface area contributed by atoms with E-state index in [-0.39, 0.29) is 0 Å². The SMILES string of the molecule is CCC(O)c1ccc(-c2ccc(OC)c(OC)c2)cc1. The summed E-state index contributed by atoms with van der Waals surface area (Å²) in [7, 11) is 3.25. The van der Waals surface area contributed by atoms with Crippen LogP contribution in [0.5, 0.6) is 11.5 Å². The molecule has 0 aromatic heterocycles. The van der Waals surface area contributed by atoms with Gasteiger partial charge in [-0.3, -0.25) is 0 Å². The minimum atomic E-state index is -0.394. The van der Waals surface area contributed by atoms with Crippen LogP contribution in [-0.2, 0) is 0 Å². The molecule has 2 aromatic rings. The Morgan fingerprint density at radius 2 is 1.50 bits per heavy atom. The molecule has 0 aliphatic carbocycles. The summed E-state index contributed by atoms with van der Waals surface area (Å²) in [5.41, 5.74) is 3.08. The van der Waals surface area contributed by atoms with Crippen LogP contribution in [0.1, 0.15) is 25.0 Å². The van der Waals surface area contributed by atoms with E-state index < -0.39 is 6.10 Å². The van der Waals surface area contributed by atoms with Gasteiger partial charge >= 0.3 is 0 Å². The van der Waals surface area contributed by atoms with Crippen molar-refractivity contribution in [1.82, 2.24) is 0 Å². The quantitative estimate of drug-likeness (QED) is 0.899. The van der Waals surface area contributed by atoms with E-state index >= 15 is 0 Å². The highest BCUT2D eigenvalue weighted by Gasteiger charge is 2.08. The maximum Gasteiger partial charge on any atom is 0.161 e. The molecule has 1 atom stereocenters. The highest BCUT2D eigenvalue weighted by atomic mass is 16.5.